The monoisotopic (exact) mass is 485 g/mol. The number of likely N-dealkylation sites (N-methyl/N-ethyl adjacent to an activating group) is 1. The standard InChI is InChI=1S/C26H35N3O6/c1-17(28(5)25(33)35-26(2,3)4)22(30)27-20-13-9-12-19-14-15-21(29(19)23(20)31)24(32)34-16-18-10-7-6-8-11-18/h6-12,17,19-21H,13-16H2,1-5H3,(H,27,30)/t17-,19?,20-,21-/m0/s1. The third kappa shape index (κ3) is 6.61. The van der Waals surface area contributed by atoms with E-state index in [1.54, 1.807) is 27.7 Å². The Balaban J connectivity index is 1.64. The summed E-state index contributed by atoms with van der Waals surface area (Å²) < 4.78 is 10.8. The maximum absolute atomic E-state index is 13.4. The van der Waals surface area contributed by atoms with Crippen LogP contribution in [0.25, 0.3) is 0 Å². The predicted octanol–water partition coefficient (Wildman–Crippen LogP) is 2.79. The third-order valence-corrected chi connectivity index (χ3v) is 6.17. The number of carbonyl (C=O) groups excluding carboxylic acids is 4. The van der Waals surface area contributed by atoms with Crippen LogP contribution in [0, 0.1) is 0 Å². The highest BCUT2D eigenvalue weighted by Crippen LogP contribution is 2.29. The Morgan fingerprint density at radius 3 is 2.51 bits per heavy atom. The van der Waals surface area contributed by atoms with Crippen LogP contribution in [0.5, 0.6) is 0 Å². The Bertz CT molecular complexity index is 971. The van der Waals surface area contributed by atoms with Gasteiger partial charge in [0.05, 0.1) is 6.04 Å². The Labute approximate surface area is 206 Å². The van der Waals surface area contributed by atoms with Gasteiger partial charge in [-0.3, -0.25) is 14.5 Å². The van der Waals surface area contributed by atoms with Crippen molar-refractivity contribution in [3.8, 4) is 0 Å². The molecule has 9 heteroatoms. The molecule has 1 aromatic rings. The zero-order valence-corrected chi connectivity index (χ0v) is 21.0. The summed E-state index contributed by atoms with van der Waals surface area (Å²) in [4.78, 5) is 54.2. The lowest BCUT2D eigenvalue weighted by Crippen LogP contribution is -2.56. The van der Waals surface area contributed by atoms with E-state index >= 15 is 0 Å². The van der Waals surface area contributed by atoms with Gasteiger partial charge in [-0.25, -0.2) is 9.59 Å². The van der Waals surface area contributed by atoms with Gasteiger partial charge < -0.3 is 19.7 Å². The van der Waals surface area contributed by atoms with Gasteiger partial charge in [0, 0.05) is 7.05 Å². The summed E-state index contributed by atoms with van der Waals surface area (Å²) in [5.74, 6) is -1.27. The van der Waals surface area contributed by atoms with E-state index in [0.717, 1.165) is 5.56 Å². The molecule has 1 saturated heterocycles. The molecule has 0 bridgehead atoms. The van der Waals surface area contributed by atoms with Crippen LogP contribution < -0.4 is 5.32 Å². The molecule has 1 aromatic carbocycles. The lowest BCUT2D eigenvalue weighted by molar-refractivity contribution is -0.156. The minimum atomic E-state index is -0.856. The molecule has 1 fully saturated rings. The number of hydrogen-bond donors (Lipinski definition) is 1. The number of fused-ring (bicyclic) bond motifs is 1. The van der Waals surface area contributed by atoms with Crippen LogP contribution in [-0.2, 0) is 30.5 Å². The van der Waals surface area contributed by atoms with E-state index in [9.17, 15) is 19.2 Å². The molecule has 3 amide bonds. The molecule has 0 aliphatic carbocycles. The summed E-state index contributed by atoms with van der Waals surface area (Å²) in [6, 6.07) is 6.72. The van der Waals surface area contributed by atoms with Crippen molar-refractivity contribution in [1.82, 2.24) is 15.1 Å². The second kappa shape index (κ2) is 10.9. The van der Waals surface area contributed by atoms with Crippen molar-refractivity contribution in [1.29, 1.82) is 0 Å². The summed E-state index contributed by atoms with van der Waals surface area (Å²) in [7, 11) is 1.47. The maximum atomic E-state index is 13.4. The quantitative estimate of drug-likeness (QED) is 0.491. The zero-order chi connectivity index (χ0) is 25.8. The first kappa shape index (κ1) is 26.2. The van der Waals surface area contributed by atoms with Crippen LogP contribution in [0.2, 0.25) is 0 Å². The number of rotatable bonds is 6. The van der Waals surface area contributed by atoms with Crippen LogP contribution >= 0.6 is 0 Å². The van der Waals surface area contributed by atoms with E-state index < -0.39 is 41.7 Å². The van der Waals surface area contributed by atoms with E-state index in [-0.39, 0.29) is 18.6 Å². The second-order valence-electron chi connectivity index (χ2n) is 9.99. The van der Waals surface area contributed by atoms with Crippen LogP contribution in [0.15, 0.2) is 42.5 Å². The molecule has 0 aromatic heterocycles. The molecule has 0 saturated carbocycles. The Hall–Kier alpha value is -3.36. The fourth-order valence-corrected chi connectivity index (χ4v) is 4.13. The Kier molecular flexibility index (Phi) is 8.19. The first-order chi connectivity index (χ1) is 16.5. The van der Waals surface area contributed by atoms with Gasteiger partial charge in [-0.1, -0.05) is 42.5 Å². The van der Waals surface area contributed by atoms with Crippen LogP contribution in [0.3, 0.4) is 0 Å². The molecule has 0 spiro atoms. The van der Waals surface area contributed by atoms with E-state index in [1.807, 2.05) is 42.5 Å². The Morgan fingerprint density at radius 1 is 1.17 bits per heavy atom. The molecule has 2 aliphatic heterocycles. The van der Waals surface area contributed by atoms with E-state index in [4.69, 9.17) is 9.47 Å². The highest BCUT2D eigenvalue weighted by molar-refractivity contribution is 5.94. The molecular weight excluding hydrogens is 450 g/mol. The molecule has 2 aliphatic rings. The molecule has 3 rings (SSSR count). The minimum Gasteiger partial charge on any atom is -0.459 e. The molecule has 0 radical (unpaired) electrons. The van der Waals surface area contributed by atoms with Gasteiger partial charge in [0.1, 0.15) is 30.3 Å². The Morgan fingerprint density at radius 2 is 1.86 bits per heavy atom. The molecule has 190 valence electrons. The van der Waals surface area contributed by atoms with E-state index in [1.165, 1.54) is 16.8 Å². The van der Waals surface area contributed by atoms with Crippen molar-refractivity contribution in [2.45, 2.75) is 83.3 Å². The number of hydrogen-bond acceptors (Lipinski definition) is 6. The van der Waals surface area contributed by atoms with Gasteiger partial charge >= 0.3 is 12.1 Å². The van der Waals surface area contributed by atoms with Crippen molar-refractivity contribution in [3.05, 3.63) is 48.0 Å². The minimum absolute atomic E-state index is 0.132. The summed E-state index contributed by atoms with van der Waals surface area (Å²) >= 11 is 0. The summed E-state index contributed by atoms with van der Waals surface area (Å²) in [6.45, 7) is 6.93. The molecule has 9 nitrogen and oxygen atoms in total. The van der Waals surface area contributed by atoms with Gasteiger partial charge in [-0.15, -0.1) is 0 Å². The molecule has 1 N–H and O–H groups in total. The number of nitrogens with zero attached hydrogens (tertiary/aromatic N) is 2. The average molecular weight is 486 g/mol. The summed E-state index contributed by atoms with van der Waals surface area (Å²) in [6.07, 6.45) is 4.57. The van der Waals surface area contributed by atoms with E-state index in [2.05, 4.69) is 5.32 Å². The van der Waals surface area contributed by atoms with Crippen LogP contribution in [0.4, 0.5) is 4.79 Å². The maximum Gasteiger partial charge on any atom is 0.410 e. The topological polar surface area (TPSA) is 105 Å². The van der Waals surface area contributed by atoms with Gasteiger partial charge in [-0.2, -0.15) is 0 Å². The SMILES string of the molecule is C[C@@H](C(=O)N[C@H]1CC=CC2CC[C@@H](C(=O)OCc3ccccc3)N2C1=O)N(C)C(=O)OC(C)(C)C. The third-order valence-electron chi connectivity index (χ3n) is 6.17. The van der Waals surface area contributed by atoms with Crippen LogP contribution in [0.1, 0.15) is 52.5 Å². The summed E-state index contributed by atoms with van der Waals surface area (Å²) in [5, 5.41) is 2.75. The van der Waals surface area contributed by atoms with Crippen molar-refractivity contribution in [3.63, 3.8) is 0 Å². The van der Waals surface area contributed by atoms with Crippen molar-refractivity contribution >= 4 is 23.9 Å². The second-order valence-corrected chi connectivity index (χ2v) is 9.99. The molecule has 35 heavy (non-hydrogen) atoms. The zero-order valence-electron chi connectivity index (χ0n) is 21.0. The predicted molar refractivity (Wildman–Crippen MR) is 129 cm³/mol. The number of carbonyl (C=O) groups is 4. The van der Waals surface area contributed by atoms with Crippen molar-refractivity contribution < 1.29 is 28.7 Å². The number of amides is 3. The smallest absolute Gasteiger partial charge is 0.410 e. The lowest BCUT2D eigenvalue weighted by Gasteiger charge is -2.31. The van der Waals surface area contributed by atoms with Crippen molar-refractivity contribution in [2.24, 2.45) is 0 Å². The number of benzene rings is 1. The first-order valence-corrected chi connectivity index (χ1v) is 11.9. The highest BCUT2D eigenvalue weighted by atomic mass is 16.6. The number of esters is 1. The largest absolute Gasteiger partial charge is 0.459 e. The lowest BCUT2D eigenvalue weighted by atomic mass is 10.1. The van der Waals surface area contributed by atoms with Gasteiger partial charge in [0.15, 0.2) is 0 Å². The molecule has 4 atom stereocenters. The number of nitrogens with one attached hydrogen (secondary N) is 1. The van der Waals surface area contributed by atoms with Crippen LogP contribution in [-0.4, -0.2) is 70.5 Å². The molecule has 1 unspecified atom stereocenters. The van der Waals surface area contributed by atoms with Gasteiger partial charge in [0.2, 0.25) is 11.8 Å². The fraction of sp³-hybridized carbons (Fsp3) is 0.538. The van der Waals surface area contributed by atoms with Crippen molar-refractivity contribution in [2.75, 3.05) is 7.05 Å². The molecular formula is C26H35N3O6. The normalized spacial score (nSPS) is 22.6. The van der Waals surface area contributed by atoms with E-state index in [0.29, 0.717) is 19.3 Å². The average Bonchev–Trinajstić information content (AvgIpc) is 3.17. The fourth-order valence-electron chi connectivity index (χ4n) is 4.13. The first-order valence-electron chi connectivity index (χ1n) is 11.9. The highest BCUT2D eigenvalue weighted by Gasteiger charge is 2.44. The molecule has 2 heterocycles. The van der Waals surface area contributed by atoms with Gasteiger partial charge in [0.25, 0.3) is 0 Å². The van der Waals surface area contributed by atoms with Gasteiger partial charge in [-0.05, 0) is 52.5 Å². The number of ether oxygens (including phenoxy) is 2. The summed E-state index contributed by atoms with van der Waals surface area (Å²) in [5.41, 5.74) is 0.170.